The number of hydrogen-bond donors (Lipinski definition) is 2. The second-order valence-corrected chi connectivity index (χ2v) is 6.05. The second-order valence-electron chi connectivity index (χ2n) is 6.05. The number of rotatable bonds is 3. The number of carbonyl (C=O) groups is 2. The van der Waals surface area contributed by atoms with Gasteiger partial charge in [-0.25, -0.2) is 9.59 Å². The van der Waals surface area contributed by atoms with Crippen LogP contribution in [0.25, 0.3) is 21.9 Å². The van der Waals surface area contributed by atoms with Crippen LogP contribution >= 0.6 is 0 Å². The number of carboxylic acid groups (broad SMARTS) is 2. The van der Waals surface area contributed by atoms with Crippen LogP contribution in [0, 0.1) is 0 Å². The standard InChI is InChI=1S/C13H10O2.C11H8O2/c14-13(15)12-9-5-4-8-11(12)10-6-2-1-3-7-10;12-11(13)10-7-3-5-8-4-1-2-6-9(8)10/h1-9H,(H,14,15);1-7H,(H,12,13). The Morgan fingerprint density at radius 3 is 1.79 bits per heavy atom. The van der Waals surface area contributed by atoms with Gasteiger partial charge in [-0.1, -0.05) is 84.9 Å². The van der Waals surface area contributed by atoms with E-state index >= 15 is 0 Å². The van der Waals surface area contributed by atoms with E-state index in [-0.39, 0.29) is 0 Å². The Morgan fingerprint density at radius 1 is 0.536 bits per heavy atom. The molecule has 0 aliphatic carbocycles. The summed E-state index contributed by atoms with van der Waals surface area (Å²) < 4.78 is 0. The first-order valence-electron chi connectivity index (χ1n) is 8.66. The van der Waals surface area contributed by atoms with Crippen LogP contribution in [0.5, 0.6) is 0 Å². The molecule has 0 bridgehead atoms. The Hall–Kier alpha value is -3.92. The Labute approximate surface area is 162 Å². The Morgan fingerprint density at radius 2 is 1.07 bits per heavy atom. The SMILES string of the molecule is O=C(O)c1cccc2ccccc12.O=C(O)c1ccccc1-c1ccccc1. The fourth-order valence-corrected chi connectivity index (χ4v) is 2.95. The molecular formula is C24H18O4. The highest BCUT2D eigenvalue weighted by molar-refractivity contribution is 6.03. The topological polar surface area (TPSA) is 74.6 Å². The van der Waals surface area contributed by atoms with Crippen molar-refractivity contribution >= 4 is 22.7 Å². The van der Waals surface area contributed by atoms with Crippen molar-refractivity contribution in [1.82, 2.24) is 0 Å². The van der Waals surface area contributed by atoms with E-state index < -0.39 is 11.9 Å². The normalized spacial score (nSPS) is 10.0. The van der Waals surface area contributed by atoms with Gasteiger partial charge in [0.15, 0.2) is 0 Å². The summed E-state index contributed by atoms with van der Waals surface area (Å²) >= 11 is 0. The molecular weight excluding hydrogens is 352 g/mol. The highest BCUT2D eigenvalue weighted by Gasteiger charge is 2.09. The van der Waals surface area contributed by atoms with Gasteiger partial charge in [0, 0.05) is 0 Å². The summed E-state index contributed by atoms with van der Waals surface area (Å²) in [5, 5.41) is 19.7. The van der Waals surface area contributed by atoms with Crippen molar-refractivity contribution in [3.05, 3.63) is 108 Å². The molecule has 0 spiro atoms. The van der Waals surface area contributed by atoms with E-state index in [1.807, 2.05) is 72.8 Å². The molecule has 2 N–H and O–H groups in total. The van der Waals surface area contributed by atoms with E-state index in [2.05, 4.69) is 0 Å². The molecule has 0 aliphatic heterocycles. The van der Waals surface area contributed by atoms with Gasteiger partial charge in [-0.05, 0) is 34.0 Å². The molecule has 0 unspecified atom stereocenters. The van der Waals surface area contributed by atoms with Gasteiger partial charge in [-0.3, -0.25) is 0 Å². The predicted molar refractivity (Wildman–Crippen MR) is 110 cm³/mol. The molecule has 4 rings (SSSR count). The van der Waals surface area contributed by atoms with Gasteiger partial charge in [0.1, 0.15) is 0 Å². The van der Waals surface area contributed by atoms with Gasteiger partial charge in [0.05, 0.1) is 11.1 Å². The van der Waals surface area contributed by atoms with Crippen LogP contribution in [0.3, 0.4) is 0 Å². The Bertz CT molecular complexity index is 1110. The summed E-state index contributed by atoms with van der Waals surface area (Å²) in [6, 6.07) is 29.3. The number of aromatic carboxylic acids is 2. The molecule has 4 nitrogen and oxygen atoms in total. The largest absolute Gasteiger partial charge is 0.478 e. The lowest BCUT2D eigenvalue weighted by Gasteiger charge is -2.05. The molecule has 0 amide bonds. The van der Waals surface area contributed by atoms with Crippen LogP contribution < -0.4 is 0 Å². The molecule has 28 heavy (non-hydrogen) atoms. The summed E-state index contributed by atoms with van der Waals surface area (Å²) in [5.74, 6) is -1.77. The van der Waals surface area contributed by atoms with Crippen molar-refractivity contribution in [3.63, 3.8) is 0 Å². The maximum atomic E-state index is 11.0. The number of hydrogen-bond acceptors (Lipinski definition) is 2. The molecule has 0 heterocycles. The first-order valence-corrected chi connectivity index (χ1v) is 8.66. The maximum absolute atomic E-state index is 11.0. The molecule has 4 heteroatoms. The lowest BCUT2D eigenvalue weighted by molar-refractivity contribution is 0.0687. The third-order valence-electron chi connectivity index (χ3n) is 4.26. The molecule has 0 fully saturated rings. The zero-order valence-corrected chi connectivity index (χ0v) is 14.9. The fraction of sp³-hybridized carbons (Fsp3) is 0. The lowest BCUT2D eigenvalue weighted by Crippen LogP contribution is -1.98. The molecule has 0 saturated heterocycles. The van der Waals surface area contributed by atoms with Gasteiger partial charge in [0.2, 0.25) is 0 Å². The number of carboxylic acids is 2. The summed E-state index contributed by atoms with van der Waals surface area (Å²) in [6.07, 6.45) is 0. The molecule has 4 aromatic rings. The molecule has 138 valence electrons. The average molecular weight is 370 g/mol. The van der Waals surface area contributed by atoms with E-state index in [1.165, 1.54) is 0 Å². The summed E-state index contributed by atoms with van der Waals surface area (Å²) in [6.45, 7) is 0. The van der Waals surface area contributed by atoms with Crippen molar-refractivity contribution in [1.29, 1.82) is 0 Å². The Balaban J connectivity index is 0.000000162. The lowest BCUT2D eigenvalue weighted by atomic mass is 10.00. The van der Waals surface area contributed by atoms with Gasteiger partial charge < -0.3 is 10.2 Å². The monoisotopic (exact) mass is 370 g/mol. The minimum atomic E-state index is -0.894. The predicted octanol–water partition coefficient (Wildman–Crippen LogP) is 5.59. The molecule has 0 atom stereocenters. The second kappa shape index (κ2) is 8.64. The van der Waals surface area contributed by atoms with E-state index in [4.69, 9.17) is 10.2 Å². The summed E-state index contributed by atoms with van der Waals surface area (Å²) in [7, 11) is 0. The van der Waals surface area contributed by atoms with Crippen molar-refractivity contribution in [2.45, 2.75) is 0 Å². The van der Waals surface area contributed by atoms with Gasteiger partial charge in [-0.2, -0.15) is 0 Å². The smallest absolute Gasteiger partial charge is 0.336 e. The van der Waals surface area contributed by atoms with Crippen molar-refractivity contribution in [2.75, 3.05) is 0 Å². The molecule has 0 radical (unpaired) electrons. The van der Waals surface area contributed by atoms with Gasteiger partial charge >= 0.3 is 11.9 Å². The van der Waals surface area contributed by atoms with Crippen LogP contribution in [-0.2, 0) is 0 Å². The molecule has 0 aromatic heterocycles. The minimum absolute atomic E-state index is 0.337. The van der Waals surface area contributed by atoms with Crippen LogP contribution in [0.2, 0.25) is 0 Å². The van der Waals surface area contributed by atoms with Gasteiger partial charge in [0.25, 0.3) is 0 Å². The minimum Gasteiger partial charge on any atom is -0.478 e. The maximum Gasteiger partial charge on any atom is 0.336 e. The van der Waals surface area contributed by atoms with Crippen molar-refractivity contribution in [2.24, 2.45) is 0 Å². The third-order valence-corrected chi connectivity index (χ3v) is 4.26. The summed E-state index contributed by atoms with van der Waals surface area (Å²) in [4.78, 5) is 21.8. The first-order chi connectivity index (χ1) is 13.6. The number of fused-ring (bicyclic) bond motifs is 1. The quantitative estimate of drug-likeness (QED) is 0.493. The molecule has 0 saturated carbocycles. The highest BCUT2D eigenvalue weighted by Crippen LogP contribution is 2.23. The van der Waals surface area contributed by atoms with Crippen molar-refractivity contribution < 1.29 is 19.8 Å². The van der Waals surface area contributed by atoms with E-state index in [0.29, 0.717) is 11.1 Å². The highest BCUT2D eigenvalue weighted by atomic mass is 16.4. The van der Waals surface area contributed by atoms with Crippen LogP contribution in [0.15, 0.2) is 97.1 Å². The zero-order valence-electron chi connectivity index (χ0n) is 14.9. The molecule has 4 aromatic carbocycles. The van der Waals surface area contributed by atoms with Crippen LogP contribution in [0.4, 0.5) is 0 Å². The van der Waals surface area contributed by atoms with E-state index in [1.54, 1.807) is 24.3 Å². The third kappa shape index (κ3) is 4.24. The van der Waals surface area contributed by atoms with E-state index in [9.17, 15) is 9.59 Å². The Kier molecular flexibility index (Phi) is 5.82. The van der Waals surface area contributed by atoms with Gasteiger partial charge in [-0.15, -0.1) is 0 Å². The zero-order chi connectivity index (χ0) is 19.9. The number of benzene rings is 4. The molecule has 0 aliphatic rings. The van der Waals surface area contributed by atoms with Crippen LogP contribution in [-0.4, -0.2) is 22.2 Å². The summed E-state index contributed by atoms with van der Waals surface area (Å²) in [5.41, 5.74) is 2.38. The average Bonchev–Trinajstić information content (AvgIpc) is 2.74. The van der Waals surface area contributed by atoms with Crippen molar-refractivity contribution in [3.8, 4) is 11.1 Å². The first kappa shape index (κ1) is 18.9. The van der Waals surface area contributed by atoms with E-state index in [0.717, 1.165) is 21.9 Å². The van der Waals surface area contributed by atoms with Crippen LogP contribution in [0.1, 0.15) is 20.7 Å². The fourth-order valence-electron chi connectivity index (χ4n) is 2.95.